The molecule has 2 aromatic carbocycles. The van der Waals surface area contributed by atoms with E-state index in [0.717, 1.165) is 17.7 Å². The number of hydrogen-bond donors (Lipinski definition) is 2. The lowest BCUT2D eigenvalue weighted by Gasteiger charge is -2.08. The predicted octanol–water partition coefficient (Wildman–Crippen LogP) is 2.27. The highest BCUT2D eigenvalue weighted by molar-refractivity contribution is 8.00. The van der Waals surface area contributed by atoms with Gasteiger partial charge in [-0.05, 0) is 54.7 Å². The Balaban J connectivity index is 1.35. The first-order valence-corrected chi connectivity index (χ1v) is 9.65. The second-order valence-corrected chi connectivity index (χ2v) is 7.15. The Labute approximate surface area is 161 Å². The van der Waals surface area contributed by atoms with Gasteiger partial charge in [0.05, 0.1) is 5.75 Å². The summed E-state index contributed by atoms with van der Waals surface area (Å²) in [4.78, 5) is 36.3. The topological polar surface area (TPSA) is 84.5 Å². The first-order chi connectivity index (χ1) is 13.1. The first kappa shape index (κ1) is 19.0. The van der Waals surface area contributed by atoms with Gasteiger partial charge in [0.2, 0.25) is 0 Å². The molecule has 140 valence electrons. The van der Waals surface area contributed by atoms with Crippen LogP contribution in [-0.2, 0) is 27.2 Å². The van der Waals surface area contributed by atoms with E-state index in [9.17, 15) is 14.4 Å². The quantitative estimate of drug-likeness (QED) is 0.453. The van der Waals surface area contributed by atoms with Crippen molar-refractivity contribution >= 4 is 29.5 Å². The van der Waals surface area contributed by atoms with Gasteiger partial charge in [0.1, 0.15) is 0 Å². The number of rotatable bonds is 6. The molecule has 0 unspecified atom stereocenters. The minimum atomic E-state index is -0.602. The third-order valence-corrected chi connectivity index (χ3v) is 5.11. The van der Waals surface area contributed by atoms with Gasteiger partial charge in [-0.2, -0.15) is 0 Å². The van der Waals surface area contributed by atoms with Crippen LogP contribution in [0.1, 0.15) is 27.9 Å². The smallest absolute Gasteiger partial charge is 0.316 e. The molecule has 2 N–H and O–H groups in total. The van der Waals surface area contributed by atoms with Gasteiger partial charge in [-0.25, -0.2) is 0 Å². The van der Waals surface area contributed by atoms with Crippen LogP contribution in [0, 0.1) is 0 Å². The largest absolute Gasteiger partial charge is 0.455 e. The molecular weight excluding hydrogens is 364 g/mol. The number of ether oxygens (including phenoxy) is 1. The summed E-state index contributed by atoms with van der Waals surface area (Å²) in [7, 11) is 0. The summed E-state index contributed by atoms with van der Waals surface area (Å²) in [6.45, 7) is -0.446. The highest BCUT2D eigenvalue weighted by Gasteiger charge is 2.13. The molecule has 2 amide bonds. The van der Waals surface area contributed by atoms with E-state index in [-0.39, 0.29) is 5.75 Å². The molecule has 0 heterocycles. The van der Waals surface area contributed by atoms with Crippen LogP contribution in [0.15, 0.2) is 53.4 Å². The Morgan fingerprint density at radius 3 is 2.56 bits per heavy atom. The molecule has 1 aliphatic rings. The van der Waals surface area contributed by atoms with Crippen molar-refractivity contribution in [2.75, 3.05) is 12.4 Å². The fourth-order valence-corrected chi connectivity index (χ4v) is 3.55. The number of carbonyl (C=O) groups excluding carboxylic acids is 3. The summed E-state index contributed by atoms with van der Waals surface area (Å²) in [6, 6.07) is 14.7. The number of hydrogen-bond acceptors (Lipinski definition) is 5. The lowest BCUT2D eigenvalue weighted by atomic mass is 10.1. The van der Waals surface area contributed by atoms with Crippen LogP contribution >= 0.6 is 11.8 Å². The van der Waals surface area contributed by atoms with Gasteiger partial charge in [-0.1, -0.05) is 24.3 Å². The summed E-state index contributed by atoms with van der Waals surface area (Å²) in [5, 5.41) is 0. The normalized spacial score (nSPS) is 12.1. The maximum Gasteiger partial charge on any atom is 0.316 e. The van der Waals surface area contributed by atoms with E-state index in [1.54, 1.807) is 30.3 Å². The van der Waals surface area contributed by atoms with E-state index in [1.807, 2.05) is 6.07 Å². The summed E-state index contributed by atoms with van der Waals surface area (Å²) in [5.74, 6) is -1.40. The highest BCUT2D eigenvalue weighted by Crippen LogP contribution is 2.27. The van der Waals surface area contributed by atoms with Crippen molar-refractivity contribution in [3.63, 3.8) is 0 Å². The minimum Gasteiger partial charge on any atom is -0.455 e. The Bertz CT molecular complexity index is 839. The molecule has 0 radical (unpaired) electrons. The summed E-state index contributed by atoms with van der Waals surface area (Å²) < 4.78 is 4.93. The molecule has 0 atom stereocenters. The summed E-state index contributed by atoms with van der Waals surface area (Å²) in [6.07, 6.45) is 3.39. The Morgan fingerprint density at radius 2 is 1.74 bits per heavy atom. The molecular formula is C20H20N2O4S. The van der Waals surface area contributed by atoms with Gasteiger partial charge >= 0.3 is 5.97 Å². The number of thioether (sulfide) groups is 1. The molecule has 27 heavy (non-hydrogen) atoms. The van der Waals surface area contributed by atoms with Crippen molar-refractivity contribution in [3.8, 4) is 0 Å². The molecule has 6 nitrogen and oxygen atoms in total. The number of hydrazine groups is 1. The van der Waals surface area contributed by atoms with Crippen molar-refractivity contribution in [1.82, 2.24) is 10.9 Å². The van der Waals surface area contributed by atoms with E-state index < -0.39 is 24.4 Å². The van der Waals surface area contributed by atoms with Crippen molar-refractivity contribution < 1.29 is 19.1 Å². The zero-order chi connectivity index (χ0) is 19.1. The lowest BCUT2D eigenvalue weighted by Crippen LogP contribution is -2.43. The average molecular weight is 384 g/mol. The SMILES string of the molecule is O=C(COC(=O)CSc1ccc2c(c1)CCC2)NNC(=O)c1ccccc1. The van der Waals surface area contributed by atoms with E-state index in [0.29, 0.717) is 5.56 Å². The van der Waals surface area contributed by atoms with E-state index in [4.69, 9.17) is 4.74 Å². The van der Waals surface area contributed by atoms with Gasteiger partial charge < -0.3 is 4.74 Å². The Kier molecular flexibility index (Phi) is 6.49. The van der Waals surface area contributed by atoms with Gasteiger partial charge in [0.15, 0.2) is 6.61 Å². The number of esters is 1. The molecule has 0 aromatic heterocycles. The van der Waals surface area contributed by atoms with E-state index in [2.05, 4.69) is 23.0 Å². The third-order valence-electron chi connectivity index (χ3n) is 4.14. The van der Waals surface area contributed by atoms with E-state index >= 15 is 0 Å². The average Bonchev–Trinajstić information content (AvgIpc) is 3.17. The predicted molar refractivity (Wildman–Crippen MR) is 102 cm³/mol. The van der Waals surface area contributed by atoms with E-state index in [1.165, 1.54) is 29.3 Å². The van der Waals surface area contributed by atoms with Crippen molar-refractivity contribution in [2.45, 2.75) is 24.2 Å². The molecule has 7 heteroatoms. The Hall–Kier alpha value is -2.80. The van der Waals surface area contributed by atoms with Gasteiger partial charge in [-0.3, -0.25) is 25.2 Å². The van der Waals surface area contributed by atoms with Gasteiger partial charge in [0, 0.05) is 10.5 Å². The maximum absolute atomic E-state index is 11.8. The van der Waals surface area contributed by atoms with Gasteiger partial charge in [0.25, 0.3) is 11.8 Å². The number of nitrogens with one attached hydrogen (secondary N) is 2. The lowest BCUT2D eigenvalue weighted by molar-refractivity contribution is -0.146. The van der Waals surface area contributed by atoms with Crippen LogP contribution in [0.4, 0.5) is 0 Å². The molecule has 0 fully saturated rings. The molecule has 0 spiro atoms. The molecule has 1 aliphatic carbocycles. The molecule has 0 bridgehead atoms. The fraction of sp³-hybridized carbons (Fsp3) is 0.250. The standard InChI is InChI=1S/C20H20N2O4S/c23-18(21-22-20(25)15-5-2-1-3-6-15)12-26-19(24)13-27-17-10-9-14-7-4-8-16(14)11-17/h1-3,5-6,9-11H,4,7-8,12-13H2,(H,21,23)(H,22,25). The van der Waals surface area contributed by atoms with Gasteiger partial charge in [-0.15, -0.1) is 11.8 Å². The fourth-order valence-electron chi connectivity index (χ4n) is 2.79. The number of carbonyl (C=O) groups is 3. The van der Waals surface area contributed by atoms with Crippen LogP contribution in [0.2, 0.25) is 0 Å². The number of aryl methyl sites for hydroxylation is 2. The minimum absolute atomic E-state index is 0.127. The second-order valence-electron chi connectivity index (χ2n) is 6.10. The maximum atomic E-state index is 11.8. The first-order valence-electron chi connectivity index (χ1n) is 8.66. The van der Waals surface area contributed by atoms with Crippen LogP contribution < -0.4 is 10.9 Å². The monoisotopic (exact) mass is 384 g/mol. The summed E-state index contributed by atoms with van der Waals surface area (Å²) in [5.41, 5.74) is 7.64. The highest BCUT2D eigenvalue weighted by atomic mass is 32.2. The molecule has 0 aliphatic heterocycles. The van der Waals surface area contributed by atoms with Crippen molar-refractivity contribution in [2.24, 2.45) is 0 Å². The Morgan fingerprint density at radius 1 is 0.963 bits per heavy atom. The molecule has 3 rings (SSSR count). The molecule has 0 saturated heterocycles. The number of amides is 2. The van der Waals surface area contributed by atoms with Crippen LogP contribution in [-0.4, -0.2) is 30.1 Å². The van der Waals surface area contributed by atoms with Crippen molar-refractivity contribution in [1.29, 1.82) is 0 Å². The molecule has 0 saturated carbocycles. The number of fused-ring (bicyclic) bond motifs is 1. The van der Waals surface area contributed by atoms with Crippen molar-refractivity contribution in [3.05, 3.63) is 65.2 Å². The molecule has 2 aromatic rings. The second kappa shape index (κ2) is 9.23. The van der Waals surface area contributed by atoms with Crippen LogP contribution in [0.3, 0.4) is 0 Å². The zero-order valence-corrected chi connectivity index (χ0v) is 15.5. The van der Waals surface area contributed by atoms with Crippen LogP contribution in [0.5, 0.6) is 0 Å². The van der Waals surface area contributed by atoms with Crippen LogP contribution in [0.25, 0.3) is 0 Å². The zero-order valence-electron chi connectivity index (χ0n) is 14.7. The summed E-state index contributed by atoms with van der Waals surface area (Å²) >= 11 is 1.39. The number of benzene rings is 2. The third kappa shape index (κ3) is 5.59.